The Morgan fingerprint density at radius 2 is 2.17 bits per heavy atom. The zero-order valence-electron chi connectivity index (χ0n) is 10.8. The minimum Gasteiger partial charge on any atom is -0.389 e. The molecule has 0 aliphatic rings. The minimum atomic E-state index is -0.681. The Balaban J connectivity index is 2.00. The van der Waals surface area contributed by atoms with Crippen molar-refractivity contribution in [2.75, 3.05) is 6.54 Å². The zero-order valence-corrected chi connectivity index (χ0v) is 10.8. The van der Waals surface area contributed by atoms with Crippen LogP contribution in [0.5, 0.6) is 0 Å². The maximum absolute atomic E-state index is 9.62. The molecule has 0 fully saturated rings. The third-order valence-electron chi connectivity index (χ3n) is 2.57. The molecule has 0 atom stereocenters. The number of nitrogens with one attached hydrogen (secondary N) is 1. The Labute approximate surface area is 107 Å². The van der Waals surface area contributed by atoms with Gasteiger partial charge >= 0.3 is 0 Å². The van der Waals surface area contributed by atoms with E-state index in [4.69, 9.17) is 0 Å². The molecule has 96 valence electrons. The molecule has 18 heavy (non-hydrogen) atoms. The van der Waals surface area contributed by atoms with E-state index in [9.17, 15) is 5.11 Å². The van der Waals surface area contributed by atoms with Gasteiger partial charge in [-0.1, -0.05) is 12.1 Å². The summed E-state index contributed by atoms with van der Waals surface area (Å²) >= 11 is 0. The van der Waals surface area contributed by atoms with E-state index in [1.54, 1.807) is 20.0 Å². The molecule has 4 heteroatoms. The van der Waals surface area contributed by atoms with E-state index in [1.165, 1.54) is 5.56 Å². The maximum Gasteiger partial charge on any atom is 0.0715 e. The van der Waals surface area contributed by atoms with Gasteiger partial charge in [-0.2, -0.15) is 5.10 Å². The molecule has 2 rings (SSSR count). The van der Waals surface area contributed by atoms with Gasteiger partial charge < -0.3 is 10.4 Å². The SMILES string of the molecule is CC(C)(O)CNCc1cccc(-n2cccn2)c1. The van der Waals surface area contributed by atoms with Crippen LogP contribution in [0.4, 0.5) is 0 Å². The number of rotatable bonds is 5. The first-order chi connectivity index (χ1) is 8.54. The predicted octanol–water partition coefficient (Wildman–Crippen LogP) is 1.73. The first-order valence-electron chi connectivity index (χ1n) is 6.07. The molecule has 0 amide bonds. The van der Waals surface area contributed by atoms with Crippen molar-refractivity contribution in [2.24, 2.45) is 0 Å². The van der Waals surface area contributed by atoms with Gasteiger partial charge in [0.2, 0.25) is 0 Å². The molecule has 2 N–H and O–H groups in total. The fourth-order valence-corrected chi connectivity index (χ4v) is 1.74. The van der Waals surface area contributed by atoms with Crippen LogP contribution in [0, 0.1) is 0 Å². The van der Waals surface area contributed by atoms with E-state index in [0.29, 0.717) is 6.54 Å². The Bertz CT molecular complexity index is 486. The van der Waals surface area contributed by atoms with Crippen LogP contribution in [-0.2, 0) is 6.54 Å². The third-order valence-corrected chi connectivity index (χ3v) is 2.57. The van der Waals surface area contributed by atoms with E-state index < -0.39 is 5.60 Å². The van der Waals surface area contributed by atoms with Crippen molar-refractivity contribution in [2.45, 2.75) is 26.0 Å². The Hall–Kier alpha value is -1.65. The number of hydrogen-bond acceptors (Lipinski definition) is 3. The van der Waals surface area contributed by atoms with Crippen molar-refractivity contribution < 1.29 is 5.11 Å². The van der Waals surface area contributed by atoms with Gasteiger partial charge in [0.05, 0.1) is 11.3 Å². The van der Waals surface area contributed by atoms with E-state index >= 15 is 0 Å². The van der Waals surface area contributed by atoms with Crippen molar-refractivity contribution in [1.29, 1.82) is 0 Å². The first kappa shape index (κ1) is 12.8. The number of benzene rings is 1. The summed E-state index contributed by atoms with van der Waals surface area (Å²) in [7, 11) is 0. The lowest BCUT2D eigenvalue weighted by molar-refractivity contribution is 0.0795. The molecule has 1 aromatic heterocycles. The summed E-state index contributed by atoms with van der Waals surface area (Å²) in [5.41, 5.74) is 1.54. The summed E-state index contributed by atoms with van der Waals surface area (Å²) in [6, 6.07) is 10.1. The predicted molar refractivity (Wildman–Crippen MR) is 71.6 cm³/mol. The molecule has 0 bridgehead atoms. The van der Waals surface area contributed by atoms with Gasteiger partial charge in [-0.25, -0.2) is 4.68 Å². The number of hydrogen-bond donors (Lipinski definition) is 2. The van der Waals surface area contributed by atoms with Crippen LogP contribution in [0.15, 0.2) is 42.7 Å². The van der Waals surface area contributed by atoms with Gasteiger partial charge in [0.25, 0.3) is 0 Å². The summed E-state index contributed by atoms with van der Waals surface area (Å²) < 4.78 is 1.83. The van der Waals surface area contributed by atoms with Crippen LogP contribution in [0.25, 0.3) is 5.69 Å². The van der Waals surface area contributed by atoms with Crippen LogP contribution in [0.3, 0.4) is 0 Å². The Morgan fingerprint density at radius 1 is 1.33 bits per heavy atom. The summed E-state index contributed by atoms with van der Waals surface area (Å²) in [5, 5.41) is 17.1. The lowest BCUT2D eigenvalue weighted by Crippen LogP contribution is -2.34. The van der Waals surface area contributed by atoms with Gasteiger partial charge in [-0.05, 0) is 37.6 Å². The lowest BCUT2D eigenvalue weighted by Gasteiger charge is -2.17. The normalized spacial score (nSPS) is 11.7. The van der Waals surface area contributed by atoms with Gasteiger partial charge in [0.15, 0.2) is 0 Å². The molecule has 0 spiro atoms. The van der Waals surface area contributed by atoms with Crippen molar-refractivity contribution in [3.05, 3.63) is 48.3 Å². The summed E-state index contributed by atoms with van der Waals surface area (Å²) in [6.45, 7) is 4.89. The smallest absolute Gasteiger partial charge is 0.0715 e. The average Bonchev–Trinajstić information content (AvgIpc) is 2.81. The number of nitrogens with zero attached hydrogens (tertiary/aromatic N) is 2. The van der Waals surface area contributed by atoms with Crippen LogP contribution in [0.2, 0.25) is 0 Å². The van der Waals surface area contributed by atoms with Crippen molar-refractivity contribution in [3.8, 4) is 5.69 Å². The molecule has 0 radical (unpaired) electrons. The highest BCUT2D eigenvalue weighted by atomic mass is 16.3. The van der Waals surface area contributed by atoms with Crippen LogP contribution in [-0.4, -0.2) is 27.0 Å². The second-order valence-corrected chi connectivity index (χ2v) is 5.04. The molecule has 1 aromatic carbocycles. The highest BCUT2D eigenvalue weighted by molar-refractivity contribution is 5.34. The lowest BCUT2D eigenvalue weighted by atomic mass is 10.1. The van der Waals surface area contributed by atoms with Gasteiger partial charge in [0, 0.05) is 25.5 Å². The molecule has 0 unspecified atom stereocenters. The van der Waals surface area contributed by atoms with E-state index in [1.807, 2.05) is 29.1 Å². The van der Waals surface area contributed by atoms with Crippen molar-refractivity contribution >= 4 is 0 Å². The second kappa shape index (κ2) is 5.33. The zero-order chi connectivity index (χ0) is 13.0. The van der Waals surface area contributed by atoms with Crippen LogP contribution >= 0.6 is 0 Å². The monoisotopic (exact) mass is 245 g/mol. The topological polar surface area (TPSA) is 50.1 Å². The summed E-state index contributed by atoms with van der Waals surface area (Å²) in [6.07, 6.45) is 3.68. The molecule has 1 heterocycles. The van der Waals surface area contributed by atoms with Crippen molar-refractivity contribution in [1.82, 2.24) is 15.1 Å². The highest BCUT2D eigenvalue weighted by Gasteiger charge is 2.10. The summed E-state index contributed by atoms with van der Waals surface area (Å²) in [5.74, 6) is 0. The van der Waals surface area contributed by atoms with E-state index in [0.717, 1.165) is 12.2 Å². The second-order valence-electron chi connectivity index (χ2n) is 5.04. The molecule has 0 saturated heterocycles. The minimum absolute atomic E-state index is 0.568. The van der Waals surface area contributed by atoms with E-state index in [-0.39, 0.29) is 0 Å². The fraction of sp³-hybridized carbons (Fsp3) is 0.357. The Kier molecular flexibility index (Phi) is 3.79. The summed E-state index contributed by atoms with van der Waals surface area (Å²) in [4.78, 5) is 0. The molecular formula is C14H19N3O. The molecule has 0 aliphatic carbocycles. The van der Waals surface area contributed by atoms with Crippen molar-refractivity contribution in [3.63, 3.8) is 0 Å². The highest BCUT2D eigenvalue weighted by Crippen LogP contribution is 2.09. The van der Waals surface area contributed by atoms with Gasteiger partial charge in [-0.15, -0.1) is 0 Å². The molecule has 4 nitrogen and oxygen atoms in total. The Morgan fingerprint density at radius 3 is 2.83 bits per heavy atom. The van der Waals surface area contributed by atoms with Gasteiger partial charge in [-0.3, -0.25) is 0 Å². The fourth-order valence-electron chi connectivity index (χ4n) is 1.74. The molecule has 0 aliphatic heterocycles. The first-order valence-corrected chi connectivity index (χ1v) is 6.07. The third kappa shape index (κ3) is 3.68. The molecule has 0 saturated carbocycles. The quantitative estimate of drug-likeness (QED) is 0.843. The maximum atomic E-state index is 9.62. The van der Waals surface area contributed by atoms with Gasteiger partial charge in [0.1, 0.15) is 0 Å². The van der Waals surface area contributed by atoms with Crippen LogP contribution < -0.4 is 5.32 Å². The number of aromatic nitrogens is 2. The van der Waals surface area contributed by atoms with E-state index in [2.05, 4.69) is 22.5 Å². The molecule has 2 aromatic rings. The molecular weight excluding hydrogens is 226 g/mol. The number of aliphatic hydroxyl groups is 1. The van der Waals surface area contributed by atoms with Crippen LogP contribution in [0.1, 0.15) is 19.4 Å². The standard InChI is InChI=1S/C14H19N3O/c1-14(2,18)11-15-10-12-5-3-6-13(9-12)17-8-4-7-16-17/h3-9,15,18H,10-11H2,1-2H3. The average molecular weight is 245 g/mol. The largest absolute Gasteiger partial charge is 0.389 e.